The minimum absolute atomic E-state index is 0.0759. The summed E-state index contributed by atoms with van der Waals surface area (Å²) < 4.78 is 1.86. The predicted molar refractivity (Wildman–Crippen MR) is 105 cm³/mol. The highest BCUT2D eigenvalue weighted by Crippen LogP contribution is 2.24. The molecule has 3 rings (SSSR count). The van der Waals surface area contributed by atoms with Crippen LogP contribution in [0.5, 0.6) is 0 Å². The van der Waals surface area contributed by atoms with Gasteiger partial charge >= 0.3 is 0 Å². The molecule has 6 nitrogen and oxygen atoms in total. The van der Waals surface area contributed by atoms with E-state index in [0.29, 0.717) is 10.9 Å². The average Bonchev–Trinajstić information content (AvgIpc) is 2.95. The van der Waals surface area contributed by atoms with E-state index in [1.807, 2.05) is 48.6 Å². The van der Waals surface area contributed by atoms with Crippen LogP contribution in [0.2, 0.25) is 0 Å². The Labute approximate surface area is 157 Å². The summed E-state index contributed by atoms with van der Waals surface area (Å²) >= 11 is 1.35. The normalized spacial score (nSPS) is 11.7. The second-order valence-electron chi connectivity index (χ2n) is 7.32. The van der Waals surface area contributed by atoms with Crippen LogP contribution in [0.15, 0.2) is 35.5 Å². The van der Waals surface area contributed by atoms with Crippen molar-refractivity contribution in [2.45, 2.75) is 45.2 Å². The van der Waals surface area contributed by atoms with Gasteiger partial charge in [0.05, 0.1) is 5.75 Å². The van der Waals surface area contributed by atoms with Gasteiger partial charge in [-0.1, -0.05) is 44.7 Å². The molecule has 0 fully saturated rings. The van der Waals surface area contributed by atoms with Crippen molar-refractivity contribution in [3.05, 3.63) is 47.3 Å². The quantitative estimate of drug-likeness (QED) is 0.709. The number of hydrogen-bond donors (Lipinski definition) is 1. The fraction of sp³-hybridized carbons (Fsp3) is 0.368. The van der Waals surface area contributed by atoms with Crippen molar-refractivity contribution < 1.29 is 4.79 Å². The van der Waals surface area contributed by atoms with E-state index in [-0.39, 0.29) is 17.1 Å². The van der Waals surface area contributed by atoms with Crippen molar-refractivity contribution in [3.8, 4) is 0 Å². The standard InChI is InChI=1S/C19H23N5OS/c1-12-10-13(2)24-17(20-12)22-23-18(24)26-11-16(25)21-15-8-6-14(7-9-15)19(3,4)5/h6-10H,11H2,1-5H3,(H,21,25). The van der Waals surface area contributed by atoms with E-state index in [4.69, 9.17) is 0 Å². The fourth-order valence-electron chi connectivity index (χ4n) is 2.67. The zero-order chi connectivity index (χ0) is 18.9. The van der Waals surface area contributed by atoms with Crippen molar-refractivity contribution in [3.63, 3.8) is 0 Å². The Bertz CT molecular complexity index is 941. The van der Waals surface area contributed by atoms with Crippen molar-refractivity contribution in [2.24, 2.45) is 0 Å². The van der Waals surface area contributed by atoms with E-state index in [1.54, 1.807) is 0 Å². The van der Waals surface area contributed by atoms with Gasteiger partial charge in [0.2, 0.25) is 5.91 Å². The van der Waals surface area contributed by atoms with E-state index in [9.17, 15) is 4.79 Å². The van der Waals surface area contributed by atoms with Gasteiger partial charge in [-0.05, 0) is 43.0 Å². The van der Waals surface area contributed by atoms with E-state index < -0.39 is 0 Å². The maximum Gasteiger partial charge on any atom is 0.256 e. The third kappa shape index (κ3) is 4.04. The number of rotatable bonds is 4. The van der Waals surface area contributed by atoms with Gasteiger partial charge in [-0.25, -0.2) is 4.98 Å². The molecule has 136 valence electrons. The molecule has 1 N–H and O–H groups in total. The number of carbonyl (C=O) groups is 1. The van der Waals surface area contributed by atoms with Gasteiger partial charge in [-0.2, -0.15) is 0 Å². The number of anilines is 1. The second-order valence-corrected chi connectivity index (χ2v) is 8.26. The van der Waals surface area contributed by atoms with E-state index in [2.05, 4.69) is 41.3 Å². The van der Waals surface area contributed by atoms with E-state index in [0.717, 1.165) is 17.1 Å². The highest BCUT2D eigenvalue weighted by Gasteiger charge is 2.14. The molecule has 2 aromatic heterocycles. The molecule has 3 aromatic rings. The van der Waals surface area contributed by atoms with Crippen molar-refractivity contribution >= 4 is 29.1 Å². The first kappa shape index (κ1) is 18.4. The maximum atomic E-state index is 12.3. The zero-order valence-corrected chi connectivity index (χ0v) is 16.5. The van der Waals surface area contributed by atoms with Gasteiger partial charge in [0, 0.05) is 17.1 Å². The summed E-state index contributed by atoms with van der Waals surface area (Å²) in [6.07, 6.45) is 0. The highest BCUT2D eigenvalue weighted by atomic mass is 32.2. The van der Waals surface area contributed by atoms with Crippen molar-refractivity contribution in [2.75, 3.05) is 11.1 Å². The van der Waals surface area contributed by atoms with E-state index in [1.165, 1.54) is 17.3 Å². The third-order valence-corrected chi connectivity index (χ3v) is 4.96. The SMILES string of the molecule is Cc1cc(C)n2c(SCC(=O)Nc3ccc(C(C)(C)C)cc3)nnc2n1. The molecule has 0 radical (unpaired) electrons. The number of hydrogen-bond acceptors (Lipinski definition) is 5. The number of benzene rings is 1. The molecule has 0 spiro atoms. The number of amides is 1. The lowest BCUT2D eigenvalue weighted by molar-refractivity contribution is -0.113. The van der Waals surface area contributed by atoms with E-state index >= 15 is 0 Å². The van der Waals surface area contributed by atoms with Gasteiger partial charge in [-0.3, -0.25) is 9.20 Å². The molecule has 1 aromatic carbocycles. The zero-order valence-electron chi connectivity index (χ0n) is 15.7. The van der Waals surface area contributed by atoms with Crippen LogP contribution >= 0.6 is 11.8 Å². The lowest BCUT2D eigenvalue weighted by atomic mass is 9.87. The number of nitrogens with one attached hydrogen (secondary N) is 1. The molecule has 26 heavy (non-hydrogen) atoms. The molecule has 0 saturated carbocycles. The Morgan fingerprint density at radius 2 is 1.85 bits per heavy atom. The van der Waals surface area contributed by atoms with Crippen LogP contribution in [-0.2, 0) is 10.2 Å². The summed E-state index contributed by atoms with van der Waals surface area (Å²) in [5, 5.41) is 11.8. The fourth-order valence-corrected chi connectivity index (χ4v) is 3.46. The minimum Gasteiger partial charge on any atom is -0.325 e. The average molecular weight is 369 g/mol. The van der Waals surface area contributed by atoms with Gasteiger partial charge in [-0.15, -0.1) is 10.2 Å². The Morgan fingerprint density at radius 1 is 1.15 bits per heavy atom. The van der Waals surface area contributed by atoms with Gasteiger partial charge in [0.1, 0.15) is 0 Å². The van der Waals surface area contributed by atoms with Crippen LogP contribution in [-0.4, -0.2) is 31.2 Å². The van der Waals surface area contributed by atoms with Crippen LogP contribution in [0, 0.1) is 13.8 Å². The molecule has 0 saturated heterocycles. The summed E-state index contributed by atoms with van der Waals surface area (Å²) in [5.74, 6) is 0.742. The monoisotopic (exact) mass is 369 g/mol. The van der Waals surface area contributed by atoms with Crippen LogP contribution < -0.4 is 5.32 Å². The molecular weight excluding hydrogens is 346 g/mol. The van der Waals surface area contributed by atoms with Gasteiger partial charge in [0.15, 0.2) is 5.16 Å². The number of aryl methyl sites for hydroxylation is 2. The maximum absolute atomic E-state index is 12.3. The largest absolute Gasteiger partial charge is 0.325 e. The number of fused-ring (bicyclic) bond motifs is 1. The first-order valence-corrected chi connectivity index (χ1v) is 9.45. The van der Waals surface area contributed by atoms with Crippen LogP contribution in [0.25, 0.3) is 5.78 Å². The first-order chi connectivity index (χ1) is 12.2. The Balaban J connectivity index is 1.64. The molecule has 0 bridgehead atoms. The summed E-state index contributed by atoms with van der Waals surface area (Å²) in [5.41, 5.74) is 4.02. The number of nitrogens with zero attached hydrogens (tertiary/aromatic N) is 4. The van der Waals surface area contributed by atoms with Gasteiger partial charge < -0.3 is 5.32 Å². The Hall–Kier alpha value is -2.41. The molecule has 0 atom stereocenters. The predicted octanol–water partition coefficient (Wildman–Crippen LogP) is 3.77. The van der Waals surface area contributed by atoms with Crippen molar-refractivity contribution in [1.82, 2.24) is 19.6 Å². The van der Waals surface area contributed by atoms with Crippen LogP contribution in [0.1, 0.15) is 37.7 Å². The molecule has 0 aliphatic heterocycles. The lowest BCUT2D eigenvalue weighted by Gasteiger charge is -2.19. The summed E-state index contributed by atoms with van der Waals surface area (Å²) in [6, 6.07) is 9.94. The molecule has 7 heteroatoms. The molecule has 0 aliphatic rings. The molecule has 1 amide bonds. The van der Waals surface area contributed by atoms with Gasteiger partial charge in [0.25, 0.3) is 5.78 Å². The summed E-state index contributed by atoms with van der Waals surface area (Å²) in [7, 11) is 0. The molecule has 0 aliphatic carbocycles. The number of carbonyl (C=O) groups excluding carboxylic acids is 1. The van der Waals surface area contributed by atoms with Crippen molar-refractivity contribution in [1.29, 1.82) is 0 Å². The minimum atomic E-state index is -0.0759. The third-order valence-electron chi connectivity index (χ3n) is 4.03. The highest BCUT2D eigenvalue weighted by molar-refractivity contribution is 7.99. The summed E-state index contributed by atoms with van der Waals surface area (Å²) in [6.45, 7) is 10.4. The number of aromatic nitrogens is 4. The Kier molecular flexibility index (Phi) is 5.00. The molecule has 0 unspecified atom stereocenters. The summed E-state index contributed by atoms with van der Waals surface area (Å²) in [4.78, 5) is 16.6. The van der Waals surface area contributed by atoms with Crippen LogP contribution in [0.3, 0.4) is 0 Å². The number of thioether (sulfide) groups is 1. The van der Waals surface area contributed by atoms with Crippen LogP contribution in [0.4, 0.5) is 5.69 Å². The second kappa shape index (κ2) is 7.07. The smallest absolute Gasteiger partial charge is 0.256 e. The lowest BCUT2D eigenvalue weighted by Crippen LogP contribution is -2.15. The first-order valence-electron chi connectivity index (χ1n) is 8.46. The topological polar surface area (TPSA) is 72.2 Å². The molecular formula is C19H23N5OS. The molecule has 2 heterocycles. The Morgan fingerprint density at radius 3 is 2.50 bits per heavy atom.